The molecule has 0 amide bonds. The van der Waals surface area contributed by atoms with E-state index in [9.17, 15) is 0 Å². The predicted molar refractivity (Wildman–Crippen MR) is 107 cm³/mol. The Hall–Kier alpha value is -2.41. The number of rotatable bonds is 3. The third-order valence-corrected chi connectivity index (χ3v) is 5.33. The van der Waals surface area contributed by atoms with Crippen molar-refractivity contribution in [3.63, 3.8) is 0 Å². The van der Waals surface area contributed by atoms with Crippen LogP contribution in [0.3, 0.4) is 0 Å². The van der Waals surface area contributed by atoms with Crippen molar-refractivity contribution < 1.29 is 4.58 Å². The molecule has 0 atom stereocenters. The van der Waals surface area contributed by atoms with Gasteiger partial charge in [0.15, 0.2) is 0 Å². The molecule has 4 rings (SSSR count). The summed E-state index contributed by atoms with van der Waals surface area (Å²) < 4.78 is 2.32. The molecule has 0 spiro atoms. The molecular weight excluding hydrogens is 369 g/mol. The first kappa shape index (κ1) is 16.1. The van der Waals surface area contributed by atoms with Crippen LogP contribution in [0.1, 0.15) is 16.7 Å². The van der Waals surface area contributed by atoms with Gasteiger partial charge in [-0.1, -0.05) is 0 Å². The minimum absolute atomic E-state index is 0.873. The van der Waals surface area contributed by atoms with Gasteiger partial charge < -0.3 is 0 Å². The first-order valence-corrected chi connectivity index (χ1v) is 9.65. The third-order valence-electron chi connectivity index (χ3n) is 4.72. The average molecular weight is 388 g/mol. The zero-order valence-corrected chi connectivity index (χ0v) is 15.9. The van der Waals surface area contributed by atoms with Gasteiger partial charge in [0.1, 0.15) is 0 Å². The van der Waals surface area contributed by atoms with Crippen LogP contribution in [-0.4, -0.2) is 33.3 Å². The van der Waals surface area contributed by atoms with E-state index in [4.69, 9.17) is 0 Å². The Morgan fingerprint density at radius 2 is 1.40 bits per heavy atom. The number of para-hydroxylation sites is 1. The summed E-state index contributed by atoms with van der Waals surface area (Å²) in [5.74, 6) is 0. The molecule has 1 aliphatic heterocycles. The predicted octanol–water partition coefficient (Wildman–Crippen LogP) is 4.96. The van der Waals surface area contributed by atoms with Crippen molar-refractivity contribution in [1.82, 2.24) is 0 Å². The van der Waals surface area contributed by atoms with Crippen molar-refractivity contribution in [2.75, 3.05) is 7.05 Å². The van der Waals surface area contributed by atoms with Crippen LogP contribution in [0.5, 0.6) is 0 Å². The summed E-state index contributed by atoms with van der Waals surface area (Å²) in [5, 5.41) is 0.873. The topological polar surface area (TPSA) is 3.01 Å². The molecule has 2 heteroatoms. The minimum atomic E-state index is 0.873. The summed E-state index contributed by atoms with van der Waals surface area (Å²) in [6.07, 6.45) is 0. The summed E-state index contributed by atoms with van der Waals surface area (Å²) in [6.45, 7) is 0. The van der Waals surface area contributed by atoms with E-state index in [1.165, 1.54) is 39.2 Å². The average Bonchev–Trinajstić information content (AvgIpc) is 2.97. The van der Waals surface area contributed by atoms with Gasteiger partial charge in [0.25, 0.3) is 0 Å². The van der Waals surface area contributed by atoms with Crippen LogP contribution >= 0.6 is 0 Å². The Labute approximate surface area is 157 Å². The molecule has 1 nitrogen and oxygen atoms in total. The maximum absolute atomic E-state index is 3.25. The van der Waals surface area contributed by atoms with E-state index in [-0.39, 0.29) is 0 Å². The molecule has 1 heterocycles. The summed E-state index contributed by atoms with van der Waals surface area (Å²) in [6, 6.07) is 30.0. The Bertz CT molecular complexity index is 969. The van der Waals surface area contributed by atoms with Gasteiger partial charge in [-0.25, -0.2) is 0 Å². The fraction of sp³-hybridized carbons (Fsp3) is 0.0870. The van der Waals surface area contributed by atoms with E-state index < -0.39 is 0 Å². The standard InChI is InChI=1S/C23H19NSe/c1-24-21-15-9-8-14-19(21)22(23(24)18-12-6-3-7-13-18)20(16-25)17-10-4-2-5-11-17/h2-15H,16H2,1H3/q+1/b22-20+. The molecule has 25 heavy (non-hydrogen) atoms. The van der Waals surface area contributed by atoms with Gasteiger partial charge in [-0.3, -0.25) is 0 Å². The number of hydrogen-bond acceptors (Lipinski definition) is 0. The van der Waals surface area contributed by atoms with Crippen LogP contribution in [-0.2, 0) is 0 Å². The number of fused-ring (bicyclic) bond motifs is 1. The molecule has 0 N–H and O–H groups in total. The normalized spacial score (nSPS) is 15.3. The van der Waals surface area contributed by atoms with Crippen LogP contribution in [0, 0.1) is 0 Å². The first-order chi connectivity index (χ1) is 12.3. The van der Waals surface area contributed by atoms with Gasteiger partial charge in [-0.05, 0) is 0 Å². The van der Waals surface area contributed by atoms with Crippen LogP contribution in [0.25, 0.3) is 11.1 Å². The van der Waals surface area contributed by atoms with Crippen LogP contribution < -0.4 is 0 Å². The first-order valence-electron chi connectivity index (χ1n) is 8.44. The summed E-state index contributed by atoms with van der Waals surface area (Å²) in [7, 11) is 2.16. The molecule has 3 aromatic rings. The molecule has 1 radical (unpaired) electrons. The van der Waals surface area contributed by atoms with Crippen LogP contribution in [0.2, 0.25) is 5.32 Å². The van der Waals surface area contributed by atoms with Crippen LogP contribution in [0.15, 0.2) is 84.9 Å². The molecule has 0 unspecified atom stereocenters. The fourth-order valence-corrected chi connectivity index (χ4v) is 4.22. The zero-order valence-electron chi connectivity index (χ0n) is 14.1. The number of benzene rings is 3. The Morgan fingerprint density at radius 3 is 2.08 bits per heavy atom. The Balaban J connectivity index is 2.06. The van der Waals surface area contributed by atoms with Crippen molar-refractivity contribution in [2.45, 2.75) is 5.32 Å². The second-order valence-electron chi connectivity index (χ2n) is 6.15. The summed E-state index contributed by atoms with van der Waals surface area (Å²) >= 11 is 3.25. The Morgan fingerprint density at radius 1 is 0.800 bits per heavy atom. The van der Waals surface area contributed by atoms with Gasteiger partial charge in [0.2, 0.25) is 0 Å². The third kappa shape index (κ3) is 2.78. The second kappa shape index (κ2) is 6.84. The Kier molecular flexibility index (Phi) is 4.40. The van der Waals surface area contributed by atoms with E-state index in [1.54, 1.807) is 0 Å². The molecule has 0 fully saturated rings. The van der Waals surface area contributed by atoms with Gasteiger partial charge in [-0.2, -0.15) is 0 Å². The SMILES string of the molecule is C[N+]1=C(c2ccccc2)/C(=C(\C[Se])c2ccccc2)c2ccccc21. The van der Waals surface area contributed by atoms with E-state index in [1.807, 2.05) is 0 Å². The van der Waals surface area contributed by atoms with Crippen molar-refractivity contribution in [1.29, 1.82) is 0 Å². The van der Waals surface area contributed by atoms with Gasteiger partial charge in [-0.15, -0.1) is 0 Å². The molecule has 0 saturated carbocycles. The van der Waals surface area contributed by atoms with Crippen molar-refractivity contribution in [3.05, 3.63) is 102 Å². The quantitative estimate of drug-likeness (QED) is 0.441. The second-order valence-corrected chi connectivity index (χ2v) is 6.76. The van der Waals surface area contributed by atoms with Gasteiger partial charge in [0.05, 0.1) is 0 Å². The molecule has 0 aromatic heterocycles. The monoisotopic (exact) mass is 389 g/mol. The molecule has 3 aromatic carbocycles. The van der Waals surface area contributed by atoms with Gasteiger partial charge >= 0.3 is 157 Å². The van der Waals surface area contributed by atoms with Crippen LogP contribution in [0.4, 0.5) is 5.69 Å². The molecular formula is C23H19NSe+. The van der Waals surface area contributed by atoms with E-state index in [0.29, 0.717) is 0 Å². The zero-order chi connectivity index (χ0) is 17.2. The van der Waals surface area contributed by atoms with Crippen molar-refractivity contribution in [2.24, 2.45) is 0 Å². The van der Waals surface area contributed by atoms with Gasteiger partial charge in [0, 0.05) is 0 Å². The van der Waals surface area contributed by atoms with Crippen molar-refractivity contribution in [3.8, 4) is 0 Å². The maximum atomic E-state index is 3.25. The summed E-state index contributed by atoms with van der Waals surface area (Å²) in [5.41, 5.74) is 9.03. The molecule has 0 saturated heterocycles. The van der Waals surface area contributed by atoms with Crippen molar-refractivity contribution >= 4 is 38.6 Å². The molecule has 121 valence electrons. The summed E-state index contributed by atoms with van der Waals surface area (Å²) in [4.78, 5) is 0. The number of allylic oxidation sites excluding steroid dienone is 2. The molecule has 0 aliphatic carbocycles. The van der Waals surface area contributed by atoms with E-state index in [2.05, 4.69) is 113 Å². The van der Waals surface area contributed by atoms with E-state index in [0.717, 1.165) is 5.32 Å². The molecule has 0 bridgehead atoms. The fourth-order valence-electron chi connectivity index (χ4n) is 3.57. The van der Waals surface area contributed by atoms with E-state index >= 15 is 0 Å². The molecule has 1 aliphatic rings. The number of nitrogens with zero attached hydrogens (tertiary/aromatic N) is 1. The number of hydrogen-bond donors (Lipinski definition) is 0.